The molecule has 212 valence electrons. The molecule has 1 fully saturated rings. The largest absolute Gasteiger partial charge is 0.388 e. The summed E-state index contributed by atoms with van der Waals surface area (Å²) in [5, 5.41) is 29.8. The van der Waals surface area contributed by atoms with Crippen LogP contribution >= 0.6 is 11.8 Å². The Balaban J connectivity index is 2.09. The molecule has 3 N–H and O–H groups in total. The number of nitrogens with zero attached hydrogens (tertiary/aromatic N) is 1. The van der Waals surface area contributed by atoms with Gasteiger partial charge in [-0.15, -0.1) is 0 Å². The summed E-state index contributed by atoms with van der Waals surface area (Å²) in [6.07, 6.45) is 7.08. The molecule has 0 aromatic heterocycles. The van der Waals surface area contributed by atoms with Crippen molar-refractivity contribution in [3.8, 4) is 0 Å². The van der Waals surface area contributed by atoms with Crippen LogP contribution in [0.15, 0.2) is 0 Å². The van der Waals surface area contributed by atoms with E-state index in [0.717, 1.165) is 50.8 Å². The highest BCUT2D eigenvalue weighted by atomic mass is 32.2. The Bertz CT molecular complexity index is 607. The van der Waals surface area contributed by atoms with E-state index in [1.807, 2.05) is 4.90 Å². The second-order valence-corrected chi connectivity index (χ2v) is 11.5. The zero-order valence-electron chi connectivity index (χ0n) is 22.9. The molecule has 0 aromatic carbocycles. The van der Waals surface area contributed by atoms with Crippen LogP contribution in [0, 0.1) is 0 Å². The third-order valence-corrected chi connectivity index (χ3v) is 7.57. The molecule has 9 heteroatoms. The zero-order chi connectivity index (χ0) is 26.9. The minimum Gasteiger partial charge on any atom is -0.388 e. The average Bonchev–Trinajstić information content (AvgIpc) is 2.83. The molecule has 1 rings (SSSR count). The zero-order valence-corrected chi connectivity index (χ0v) is 23.7. The van der Waals surface area contributed by atoms with E-state index in [-0.39, 0.29) is 17.1 Å². The molecule has 1 aliphatic rings. The van der Waals surface area contributed by atoms with Gasteiger partial charge in [-0.2, -0.15) is 0 Å². The normalized spacial score (nSPS) is 24.3. The molecule has 0 spiro atoms. The third kappa shape index (κ3) is 13.7. The number of carbonyl (C=O) groups is 2. The van der Waals surface area contributed by atoms with Gasteiger partial charge in [-0.1, -0.05) is 50.3 Å². The summed E-state index contributed by atoms with van der Waals surface area (Å²) in [5.41, 5.74) is 0. The first-order valence-electron chi connectivity index (χ1n) is 13.9. The van der Waals surface area contributed by atoms with Crippen LogP contribution in [0.4, 0.5) is 0 Å². The molecule has 36 heavy (non-hydrogen) atoms. The molecule has 0 aliphatic carbocycles. The Kier molecular flexibility index (Phi) is 17.9. The van der Waals surface area contributed by atoms with Gasteiger partial charge in [-0.3, -0.25) is 9.59 Å². The molecule has 0 radical (unpaired) electrons. The quantitative estimate of drug-likeness (QED) is 0.213. The molecular weight excluding hydrogens is 482 g/mol. The summed E-state index contributed by atoms with van der Waals surface area (Å²) >= 11 is 1.42. The van der Waals surface area contributed by atoms with E-state index >= 15 is 0 Å². The summed E-state index contributed by atoms with van der Waals surface area (Å²) in [5.74, 6) is 1.16. The van der Waals surface area contributed by atoms with Crippen LogP contribution in [0.2, 0.25) is 0 Å². The van der Waals surface area contributed by atoms with E-state index in [4.69, 9.17) is 9.47 Å². The molecular formula is C27H51NO7S. The molecule has 1 amide bonds. The number of aliphatic hydroxyl groups excluding tert-OH is 3. The third-order valence-electron chi connectivity index (χ3n) is 6.67. The van der Waals surface area contributed by atoms with Crippen molar-refractivity contribution in [2.75, 3.05) is 18.9 Å². The number of hydrogen-bond donors (Lipinski definition) is 3. The molecule has 1 aliphatic heterocycles. The van der Waals surface area contributed by atoms with Crippen molar-refractivity contribution < 1.29 is 34.4 Å². The standard InChI is InChI=1S/C27H51NO7S/c1-20(2)28(23(30)16-12-9-7-5-6-8-10-15-19-36-22(4)29)17-13-11-14-18-34-27-26(33)25(32)24(31)21(3)35-27/h20-21,24-27,31-33H,5-19H2,1-4H3/t21-,24+,25+,26-,27-/m0/s1. The van der Waals surface area contributed by atoms with E-state index in [1.54, 1.807) is 13.8 Å². The van der Waals surface area contributed by atoms with Crippen LogP contribution in [0.1, 0.15) is 105 Å². The first kappa shape index (κ1) is 33.3. The van der Waals surface area contributed by atoms with Crippen LogP contribution < -0.4 is 0 Å². The van der Waals surface area contributed by atoms with Crippen molar-refractivity contribution in [1.29, 1.82) is 0 Å². The van der Waals surface area contributed by atoms with Crippen molar-refractivity contribution in [2.45, 2.75) is 141 Å². The van der Waals surface area contributed by atoms with Gasteiger partial charge in [0.1, 0.15) is 18.3 Å². The van der Waals surface area contributed by atoms with Gasteiger partial charge in [-0.05, 0) is 52.9 Å². The lowest BCUT2D eigenvalue weighted by Crippen LogP contribution is -2.57. The van der Waals surface area contributed by atoms with Gasteiger partial charge in [0, 0.05) is 38.3 Å². The number of ether oxygens (including phenoxy) is 2. The molecule has 5 atom stereocenters. The summed E-state index contributed by atoms with van der Waals surface area (Å²) in [4.78, 5) is 25.6. The van der Waals surface area contributed by atoms with E-state index in [0.29, 0.717) is 13.0 Å². The van der Waals surface area contributed by atoms with Gasteiger partial charge in [0.05, 0.1) is 6.10 Å². The second-order valence-electron chi connectivity index (χ2n) is 10.2. The highest BCUT2D eigenvalue weighted by molar-refractivity contribution is 8.13. The van der Waals surface area contributed by atoms with Crippen LogP contribution in [-0.4, -0.2) is 86.9 Å². The van der Waals surface area contributed by atoms with Crippen LogP contribution in [0.3, 0.4) is 0 Å². The van der Waals surface area contributed by atoms with Gasteiger partial charge in [0.2, 0.25) is 5.91 Å². The smallest absolute Gasteiger partial charge is 0.222 e. The molecule has 0 unspecified atom stereocenters. The van der Waals surface area contributed by atoms with E-state index in [1.165, 1.54) is 43.9 Å². The summed E-state index contributed by atoms with van der Waals surface area (Å²) in [6, 6.07) is 0.176. The second kappa shape index (κ2) is 19.4. The first-order valence-corrected chi connectivity index (χ1v) is 14.9. The summed E-state index contributed by atoms with van der Waals surface area (Å²) in [7, 11) is 0. The number of aliphatic hydroxyl groups is 3. The average molecular weight is 534 g/mol. The van der Waals surface area contributed by atoms with Gasteiger partial charge < -0.3 is 29.7 Å². The van der Waals surface area contributed by atoms with Gasteiger partial charge in [0.25, 0.3) is 0 Å². The van der Waals surface area contributed by atoms with Crippen molar-refractivity contribution in [1.82, 2.24) is 4.90 Å². The van der Waals surface area contributed by atoms with Crippen LogP contribution in [0.25, 0.3) is 0 Å². The highest BCUT2D eigenvalue weighted by Crippen LogP contribution is 2.22. The minimum absolute atomic E-state index is 0.176. The van der Waals surface area contributed by atoms with Crippen molar-refractivity contribution in [3.63, 3.8) is 0 Å². The fourth-order valence-electron chi connectivity index (χ4n) is 4.38. The molecule has 1 saturated heterocycles. The van der Waals surface area contributed by atoms with Crippen molar-refractivity contribution >= 4 is 22.8 Å². The Morgan fingerprint density at radius 1 is 0.861 bits per heavy atom. The van der Waals surface area contributed by atoms with Gasteiger partial charge >= 0.3 is 0 Å². The monoisotopic (exact) mass is 533 g/mol. The maximum Gasteiger partial charge on any atom is 0.222 e. The maximum absolute atomic E-state index is 12.7. The molecule has 0 aromatic rings. The Labute approximate surface area is 222 Å². The Morgan fingerprint density at radius 3 is 2.06 bits per heavy atom. The van der Waals surface area contributed by atoms with Gasteiger partial charge in [-0.25, -0.2) is 0 Å². The first-order chi connectivity index (χ1) is 17.1. The number of carbonyl (C=O) groups excluding carboxylic acids is 2. The molecule has 0 bridgehead atoms. The lowest BCUT2D eigenvalue weighted by Gasteiger charge is -2.38. The summed E-state index contributed by atoms with van der Waals surface area (Å²) in [6.45, 7) is 8.47. The minimum atomic E-state index is -1.28. The fourth-order valence-corrected chi connectivity index (χ4v) is 5.02. The Hall–Kier alpha value is -0.710. The lowest BCUT2D eigenvalue weighted by atomic mass is 10.0. The number of rotatable bonds is 19. The number of hydrogen-bond acceptors (Lipinski definition) is 8. The van der Waals surface area contributed by atoms with Crippen molar-refractivity contribution in [3.05, 3.63) is 0 Å². The van der Waals surface area contributed by atoms with Crippen LogP contribution in [0.5, 0.6) is 0 Å². The van der Waals surface area contributed by atoms with Crippen molar-refractivity contribution in [2.24, 2.45) is 0 Å². The molecule has 0 saturated carbocycles. The fraction of sp³-hybridized carbons (Fsp3) is 0.926. The topological polar surface area (TPSA) is 117 Å². The highest BCUT2D eigenvalue weighted by Gasteiger charge is 2.42. The predicted molar refractivity (Wildman–Crippen MR) is 144 cm³/mol. The predicted octanol–water partition coefficient (Wildman–Crippen LogP) is 4.03. The van der Waals surface area contributed by atoms with Crippen LogP contribution in [-0.2, 0) is 19.1 Å². The van der Waals surface area contributed by atoms with Gasteiger partial charge in [0.15, 0.2) is 11.4 Å². The Morgan fingerprint density at radius 2 is 1.44 bits per heavy atom. The molecule has 1 heterocycles. The maximum atomic E-state index is 12.7. The number of unbranched alkanes of at least 4 members (excludes halogenated alkanes) is 9. The lowest BCUT2D eigenvalue weighted by molar-refractivity contribution is -0.293. The molecule has 8 nitrogen and oxygen atoms in total. The number of amides is 1. The SMILES string of the molecule is CC(=O)SCCCCCCCCCCC(=O)N(CCCCCO[C@H]1O[C@@H](C)[C@@H](O)[C@@H](O)[C@@H]1O)C(C)C. The summed E-state index contributed by atoms with van der Waals surface area (Å²) < 4.78 is 11.0. The number of thioether (sulfide) groups is 1. The van der Waals surface area contributed by atoms with E-state index in [2.05, 4.69) is 13.8 Å². The van der Waals surface area contributed by atoms with E-state index in [9.17, 15) is 24.9 Å². The van der Waals surface area contributed by atoms with E-state index < -0.39 is 30.7 Å².